The van der Waals surface area contributed by atoms with Crippen molar-refractivity contribution in [2.75, 3.05) is 14.2 Å². The minimum Gasteiger partial charge on any atom is -0.496 e. The summed E-state index contributed by atoms with van der Waals surface area (Å²) < 4.78 is 15.9. The maximum absolute atomic E-state index is 11.5. The standard InChI is InChI=1S/C16H18O5/c1-16(2,18)8-7-11-13(20-4)9-12(19-3)10-5-6-14(17)21-15(10)11/h5-9,18H,1-4H3. The molecule has 1 heterocycles. The second-order valence-electron chi connectivity index (χ2n) is 5.18. The van der Waals surface area contributed by atoms with Gasteiger partial charge in [0.15, 0.2) is 5.58 Å². The van der Waals surface area contributed by atoms with Crippen molar-refractivity contribution in [1.82, 2.24) is 0 Å². The predicted molar refractivity (Wildman–Crippen MR) is 80.9 cm³/mol. The molecule has 1 N–H and O–H groups in total. The third kappa shape index (κ3) is 3.25. The number of aliphatic hydroxyl groups is 1. The number of benzene rings is 1. The molecule has 21 heavy (non-hydrogen) atoms. The molecule has 0 fully saturated rings. The first kappa shape index (κ1) is 15.1. The van der Waals surface area contributed by atoms with Crippen LogP contribution in [0.4, 0.5) is 0 Å². The Labute approximate surface area is 122 Å². The van der Waals surface area contributed by atoms with Crippen molar-refractivity contribution in [3.63, 3.8) is 0 Å². The first-order chi connectivity index (χ1) is 9.85. The van der Waals surface area contributed by atoms with E-state index in [1.54, 1.807) is 38.1 Å². The summed E-state index contributed by atoms with van der Waals surface area (Å²) in [5, 5.41) is 10.5. The highest BCUT2D eigenvalue weighted by molar-refractivity contribution is 5.93. The Morgan fingerprint density at radius 2 is 1.86 bits per heavy atom. The fourth-order valence-corrected chi connectivity index (χ4v) is 1.98. The summed E-state index contributed by atoms with van der Waals surface area (Å²) in [6.45, 7) is 3.30. The van der Waals surface area contributed by atoms with Gasteiger partial charge in [0.05, 0.1) is 30.8 Å². The fraction of sp³-hybridized carbons (Fsp3) is 0.312. The van der Waals surface area contributed by atoms with Gasteiger partial charge in [-0.25, -0.2) is 4.79 Å². The molecule has 1 aromatic heterocycles. The topological polar surface area (TPSA) is 68.9 Å². The van der Waals surface area contributed by atoms with E-state index in [4.69, 9.17) is 13.9 Å². The molecule has 1 aromatic carbocycles. The Hall–Kier alpha value is -2.27. The Morgan fingerprint density at radius 1 is 1.19 bits per heavy atom. The van der Waals surface area contributed by atoms with Crippen LogP contribution in [0.2, 0.25) is 0 Å². The van der Waals surface area contributed by atoms with Gasteiger partial charge < -0.3 is 19.0 Å². The lowest BCUT2D eigenvalue weighted by Gasteiger charge is -2.14. The maximum atomic E-state index is 11.5. The number of hydrogen-bond acceptors (Lipinski definition) is 5. The minimum atomic E-state index is -0.994. The minimum absolute atomic E-state index is 0.360. The monoisotopic (exact) mass is 290 g/mol. The van der Waals surface area contributed by atoms with Gasteiger partial charge in [-0.2, -0.15) is 0 Å². The largest absolute Gasteiger partial charge is 0.496 e. The molecule has 5 heteroatoms. The van der Waals surface area contributed by atoms with E-state index in [1.807, 2.05) is 0 Å². The van der Waals surface area contributed by atoms with E-state index in [1.165, 1.54) is 20.3 Å². The predicted octanol–water partition coefficient (Wildman–Crippen LogP) is 2.59. The molecular formula is C16H18O5. The van der Waals surface area contributed by atoms with Crippen molar-refractivity contribution < 1.29 is 19.0 Å². The van der Waals surface area contributed by atoms with E-state index in [0.717, 1.165) is 0 Å². The summed E-state index contributed by atoms with van der Waals surface area (Å²) in [6, 6.07) is 4.69. The summed E-state index contributed by atoms with van der Waals surface area (Å²) in [5.74, 6) is 1.04. The third-order valence-electron chi connectivity index (χ3n) is 2.97. The Kier molecular flexibility index (Phi) is 4.04. The van der Waals surface area contributed by atoms with Gasteiger partial charge in [0.1, 0.15) is 11.5 Å². The lowest BCUT2D eigenvalue weighted by Crippen LogP contribution is -2.13. The van der Waals surface area contributed by atoms with E-state index in [-0.39, 0.29) is 0 Å². The zero-order chi connectivity index (χ0) is 15.6. The molecule has 0 unspecified atom stereocenters. The van der Waals surface area contributed by atoms with Crippen LogP contribution in [-0.2, 0) is 0 Å². The fourth-order valence-electron chi connectivity index (χ4n) is 1.98. The highest BCUT2D eigenvalue weighted by Crippen LogP contribution is 2.36. The molecule has 0 radical (unpaired) electrons. The first-order valence-electron chi connectivity index (χ1n) is 6.46. The molecule has 0 bridgehead atoms. The van der Waals surface area contributed by atoms with Crippen LogP contribution in [0.25, 0.3) is 17.0 Å². The van der Waals surface area contributed by atoms with Gasteiger partial charge in [0.2, 0.25) is 0 Å². The highest BCUT2D eigenvalue weighted by Gasteiger charge is 2.15. The van der Waals surface area contributed by atoms with Gasteiger partial charge >= 0.3 is 5.63 Å². The molecule has 2 aromatic rings. The molecule has 0 amide bonds. The van der Waals surface area contributed by atoms with Crippen LogP contribution in [0.5, 0.6) is 11.5 Å². The number of rotatable bonds is 4. The van der Waals surface area contributed by atoms with Gasteiger partial charge in [-0.15, -0.1) is 0 Å². The van der Waals surface area contributed by atoms with Gasteiger partial charge in [0.25, 0.3) is 0 Å². The average molecular weight is 290 g/mol. The maximum Gasteiger partial charge on any atom is 0.336 e. The summed E-state index contributed by atoms with van der Waals surface area (Å²) in [7, 11) is 3.05. The SMILES string of the molecule is COc1cc(OC)c2ccc(=O)oc2c1C=CC(C)(C)O. The van der Waals surface area contributed by atoms with Gasteiger partial charge in [-0.3, -0.25) is 0 Å². The summed E-state index contributed by atoms with van der Waals surface area (Å²) in [5.41, 5.74) is -0.519. The molecule has 2 rings (SSSR count). The number of methoxy groups -OCH3 is 2. The van der Waals surface area contributed by atoms with E-state index < -0.39 is 11.2 Å². The molecule has 0 aliphatic carbocycles. The molecule has 112 valence electrons. The van der Waals surface area contributed by atoms with Crippen LogP contribution in [0.3, 0.4) is 0 Å². The molecule has 0 aliphatic heterocycles. The Morgan fingerprint density at radius 3 is 2.43 bits per heavy atom. The van der Waals surface area contributed by atoms with Gasteiger partial charge in [-0.1, -0.05) is 6.08 Å². The van der Waals surface area contributed by atoms with Crippen LogP contribution >= 0.6 is 0 Å². The first-order valence-corrected chi connectivity index (χ1v) is 6.46. The summed E-state index contributed by atoms with van der Waals surface area (Å²) in [4.78, 5) is 11.5. The van der Waals surface area contributed by atoms with Gasteiger partial charge in [-0.05, 0) is 26.0 Å². The van der Waals surface area contributed by atoms with Crippen molar-refractivity contribution in [3.8, 4) is 11.5 Å². The molecule has 0 aliphatic rings. The van der Waals surface area contributed by atoms with Gasteiger partial charge in [0, 0.05) is 12.1 Å². The summed E-state index contributed by atoms with van der Waals surface area (Å²) in [6.07, 6.45) is 3.27. The zero-order valence-electron chi connectivity index (χ0n) is 12.5. The Balaban J connectivity index is 2.80. The van der Waals surface area contributed by atoms with E-state index >= 15 is 0 Å². The smallest absolute Gasteiger partial charge is 0.336 e. The van der Waals surface area contributed by atoms with Crippen molar-refractivity contribution in [2.45, 2.75) is 19.4 Å². The molecule has 5 nitrogen and oxygen atoms in total. The van der Waals surface area contributed by atoms with Crippen molar-refractivity contribution >= 4 is 17.0 Å². The Bertz CT molecular complexity index is 735. The lowest BCUT2D eigenvalue weighted by molar-refractivity contribution is 0.134. The molecule has 0 spiro atoms. The van der Waals surface area contributed by atoms with Crippen LogP contribution in [0.15, 0.2) is 33.5 Å². The van der Waals surface area contributed by atoms with E-state index in [2.05, 4.69) is 0 Å². The second-order valence-corrected chi connectivity index (χ2v) is 5.18. The van der Waals surface area contributed by atoms with Crippen molar-refractivity contribution in [3.05, 3.63) is 40.3 Å². The van der Waals surface area contributed by atoms with E-state index in [0.29, 0.717) is 28.0 Å². The van der Waals surface area contributed by atoms with Crippen molar-refractivity contribution in [1.29, 1.82) is 0 Å². The molecule has 0 saturated carbocycles. The number of fused-ring (bicyclic) bond motifs is 1. The van der Waals surface area contributed by atoms with Crippen LogP contribution in [-0.4, -0.2) is 24.9 Å². The highest BCUT2D eigenvalue weighted by atomic mass is 16.5. The molecular weight excluding hydrogens is 272 g/mol. The lowest BCUT2D eigenvalue weighted by atomic mass is 10.0. The number of ether oxygens (including phenoxy) is 2. The van der Waals surface area contributed by atoms with Crippen LogP contribution in [0.1, 0.15) is 19.4 Å². The van der Waals surface area contributed by atoms with E-state index in [9.17, 15) is 9.90 Å². The van der Waals surface area contributed by atoms with Crippen molar-refractivity contribution in [2.24, 2.45) is 0 Å². The van der Waals surface area contributed by atoms with Crippen LogP contribution < -0.4 is 15.1 Å². The molecule has 0 atom stereocenters. The third-order valence-corrected chi connectivity index (χ3v) is 2.97. The quantitative estimate of drug-likeness (QED) is 0.876. The summed E-state index contributed by atoms with van der Waals surface area (Å²) >= 11 is 0. The average Bonchev–Trinajstić information content (AvgIpc) is 2.42. The normalized spacial score (nSPS) is 12.0. The molecule has 0 saturated heterocycles. The van der Waals surface area contributed by atoms with Crippen LogP contribution in [0, 0.1) is 0 Å². The second kappa shape index (κ2) is 5.61. The number of hydrogen-bond donors (Lipinski definition) is 1. The zero-order valence-corrected chi connectivity index (χ0v) is 12.5.